The maximum Gasteiger partial charge on any atom is 0.408 e. The zero-order valence-electron chi connectivity index (χ0n) is 17.2. The number of carboxylic acids is 1. The molecule has 170 valence electrons. The highest BCUT2D eigenvalue weighted by Crippen LogP contribution is 2.12. The highest BCUT2D eigenvalue weighted by Gasteiger charge is 2.27. The van der Waals surface area contributed by atoms with Crippen LogP contribution in [0.3, 0.4) is 0 Å². The normalized spacial score (nSPS) is 12.2. The van der Waals surface area contributed by atoms with E-state index >= 15 is 0 Å². The molecule has 0 radical (unpaired) electrons. The summed E-state index contributed by atoms with van der Waals surface area (Å²) in [5, 5.41) is 23.5. The maximum atomic E-state index is 12.7. The predicted octanol–water partition coefficient (Wildman–Crippen LogP) is 1.06. The van der Waals surface area contributed by atoms with Crippen LogP contribution < -0.4 is 16.4 Å². The van der Waals surface area contributed by atoms with Gasteiger partial charge in [0.15, 0.2) is 0 Å². The van der Waals surface area contributed by atoms with Crippen molar-refractivity contribution < 1.29 is 34.1 Å². The van der Waals surface area contributed by atoms with Crippen LogP contribution >= 0.6 is 0 Å². The molecule has 2 rings (SSSR count). The lowest BCUT2D eigenvalue weighted by Gasteiger charge is -2.21. The highest BCUT2D eigenvalue weighted by molar-refractivity contribution is 5.89. The van der Waals surface area contributed by atoms with Gasteiger partial charge in [0.2, 0.25) is 11.8 Å². The average molecular weight is 443 g/mol. The van der Waals surface area contributed by atoms with E-state index < -0.39 is 36.0 Å². The number of primary amides is 1. The van der Waals surface area contributed by atoms with Crippen LogP contribution in [0.5, 0.6) is 5.75 Å². The first-order valence-corrected chi connectivity index (χ1v) is 9.81. The molecule has 0 heterocycles. The molecule has 0 spiro atoms. The van der Waals surface area contributed by atoms with Gasteiger partial charge in [0.1, 0.15) is 24.4 Å². The molecule has 32 heavy (non-hydrogen) atoms. The number of aromatic hydroxyl groups is 1. The topological polar surface area (TPSA) is 168 Å². The Kier molecular flexibility index (Phi) is 9.03. The molecule has 6 N–H and O–H groups in total. The number of phenols is 1. The van der Waals surface area contributed by atoms with E-state index in [4.69, 9.17) is 10.5 Å². The Morgan fingerprint density at radius 3 is 2.16 bits per heavy atom. The molecule has 0 aliphatic carbocycles. The quantitative estimate of drug-likeness (QED) is 0.346. The van der Waals surface area contributed by atoms with E-state index in [-0.39, 0.29) is 31.6 Å². The van der Waals surface area contributed by atoms with E-state index in [2.05, 4.69) is 10.6 Å². The Morgan fingerprint density at radius 1 is 0.906 bits per heavy atom. The lowest BCUT2D eigenvalue weighted by molar-refractivity contribution is -0.142. The minimum Gasteiger partial charge on any atom is -0.508 e. The Balaban J connectivity index is 2.01. The van der Waals surface area contributed by atoms with Crippen LogP contribution in [0, 0.1) is 0 Å². The number of amides is 3. The fourth-order valence-corrected chi connectivity index (χ4v) is 2.80. The maximum absolute atomic E-state index is 12.7. The number of carboxylic acid groups (broad SMARTS) is 1. The van der Waals surface area contributed by atoms with Gasteiger partial charge in [-0.05, 0) is 29.7 Å². The molecule has 0 saturated carbocycles. The summed E-state index contributed by atoms with van der Waals surface area (Å²) >= 11 is 0. The molecular weight excluding hydrogens is 418 g/mol. The van der Waals surface area contributed by atoms with Gasteiger partial charge in [0.25, 0.3) is 0 Å². The van der Waals surface area contributed by atoms with Gasteiger partial charge < -0.3 is 31.3 Å². The van der Waals surface area contributed by atoms with Crippen molar-refractivity contribution in [1.82, 2.24) is 10.6 Å². The molecule has 0 aliphatic heterocycles. The number of hydrogen-bond donors (Lipinski definition) is 5. The SMILES string of the molecule is NC(=O)CCC(NC(=O)OCc1ccccc1)C(=O)NC(Cc1ccc(O)cc1)C(=O)O. The third kappa shape index (κ3) is 8.34. The summed E-state index contributed by atoms with van der Waals surface area (Å²) in [6.07, 6.45) is -1.29. The van der Waals surface area contributed by atoms with Gasteiger partial charge in [-0.3, -0.25) is 9.59 Å². The molecule has 0 aromatic heterocycles. The average Bonchev–Trinajstić information content (AvgIpc) is 2.76. The number of phenolic OH excluding ortho intramolecular Hbond substituents is 1. The van der Waals surface area contributed by atoms with E-state index in [0.29, 0.717) is 5.56 Å². The molecule has 2 unspecified atom stereocenters. The largest absolute Gasteiger partial charge is 0.508 e. The second-order valence-corrected chi connectivity index (χ2v) is 7.03. The number of aliphatic carboxylic acids is 1. The summed E-state index contributed by atoms with van der Waals surface area (Å²) in [6, 6.07) is 12.2. The summed E-state index contributed by atoms with van der Waals surface area (Å²) < 4.78 is 5.09. The monoisotopic (exact) mass is 443 g/mol. The third-order valence-corrected chi connectivity index (χ3v) is 4.49. The van der Waals surface area contributed by atoms with Gasteiger partial charge >= 0.3 is 12.1 Å². The number of nitrogens with two attached hydrogens (primary N) is 1. The predicted molar refractivity (Wildman–Crippen MR) is 113 cm³/mol. The molecule has 10 heteroatoms. The standard InChI is InChI=1S/C22H25N3O7/c23-19(27)11-10-17(25-22(31)32-13-15-4-2-1-3-5-15)20(28)24-18(21(29)30)12-14-6-8-16(26)9-7-14/h1-9,17-18,26H,10-13H2,(H2,23,27)(H,24,28)(H,25,31)(H,29,30). The second kappa shape index (κ2) is 11.9. The second-order valence-electron chi connectivity index (χ2n) is 7.03. The number of nitrogens with one attached hydrogen (secondary N) is 2. The number of benzene rings is 2. The lowest BCUT2D eigenvalue weighted by atomic mass is 10.0. The smallest absolute Gasteiger partial charge is 0.408 e. The van der Waals surface area contributed by atoms with Crippen LogP contribution in [0.1, 0.15) is 24.0 Å². The van der Waals surface area contributed by atoms with E-state index in [0.717, 1.165) is 5.56 Å². The first kappa shape index (κ1) is 24.2. The minimum atomic E-state index is -1.30. The summed E-state index contributed by atoms with van der Waals surface area (Å²) in [5.41, 5.74) is 6.45. The fourth-order valence-electron chi connectivity index (χ4n) is 2.80. The van der Waals surface area contributed by atoms with Gasteiger partial charge in [-0.25, -0.2) is 9.59 Å². The van der Waals surface area contributed by atoms with Gasteiger partial charge in [0, 0.05) is 12.8 Å². The molecule has 0 aliphatic rings. The molecule has 0 bridgehead atoms. The molecule has 10 nitrogen and oxygen atoms in total. The van der Waals surface area contributed by atoms with Crippen LogP contribution in [0.15, 0.2) is 54.6 Å². The van der Waals surface area contributed by atoms with Crippen LogP contribution in [0.4, 0.5) is 4.79 Å². The molecule has 2 atom stereocenters. The van der Waals surface area contributed by atoms with Gasteiger partial charge in [-0.1, -0.05) is 42.5 Å². The molecule has 2 aromatic carbocycles. The number of carbonyl (C=O) groups excluding carboxylic acids is 3. The van der Waals surface area contributed by atoms with E-state index in [1.54, 1.807) is 24.3 Å². The Labute approximate surface area is 184 Å². The number of rotatable bonds is 11. The number of hydrogen-bond acceptors (Lipinski definition) is 6. The van der Waals surface area contributed by atoms with Crippen LogP contribution in [-0.4, -0.2) is 46.2 Å². The van der Waals surface area contributed by atoms with Gasteiger partial charge in [-0.2, -0.15) is 0 Å². The van der Waals surface area contributed by atoms with Gasteiger partial charge in [-0.15, -0.1) is 0 Å². The molecular formula is C22H25N3O7. The van der Waals surface area contributed by atoms with E-state index in [1.165, 1.54) is 24.3 Å². The lowest BCUT2D eigenvalue weighted by Crippen LogP contribution is -2.52. The van der Waals surface area contributed by atoms with Crippen molar-refractivity contribution in [2.45, 2.75) is 38.0 Å². The van der Waals surface area contributed by atoms with E-state index in [1.807, 2.05) is 6.07 Å². The first-order valence-electron chi connectivity index (χ1n) is 9.81. The fraction of sp³-hybridized carbons (Fsp3) is 0.273. The van der Waals surface area contributed by atoms with E-state index in [9.17, 15) is 29.4 Å². The number of ether oxygens (including phenoxy) is 1. The van der Waals surface area contributed by atoms with Crippen LogP contribution in [-0.2, 0) is 32.1 Å². The third-order valence-electron chi connectivity index (χ3n) is 4.49. The van der Waals surface area contributed by atoms with Crippen LogP contribution in [0.2, 0.25) is 0 Å². The molecule has 0 saturated heterocycles. The summed E-state index contributed by atoms with van der Waals surface area (Å²) in [6.45, 7) is -0.0323. The number of carbonyl (C=O) groups is 4. The summed E-state index contributed by atoms with van der Waals surface area (Å²) in [7, 11) is 0. The summed E-state index contributed by atoms with van der Waals surface area (Å²) in [4.78, 5) is 47.6. The van der Waals surface area contributed by atoms with Crippen molar-refractivity contribution in [2.75, 3.05) is 0 Å². The van der Waals surface area contributed by atoms with Crippen molar-refractivity contribution in [2.24, 2.45) is 5.73 Å². The first-order chi connectivity index (χ1) is 15.2. The summed E-state index contributed by atoms with van der Waals surface area (Å²) in [5.74, 6) is -2.74. The number of alkyl carbamates (subject to hydrolysis) is 1. The van der Waals surface area contributed by atoms with Crippen molar-refractivity contribution in [3.63, 3.8) is 0 Å². The van der Waals surface area contributed by atoms with Gasteiger partial charge in [0.05, 0.1) is 0 Å². The van der Waals surface area contributed by atoms with Crippen molar-refractivity contribution in [3.05, 3.63) is 65.7 Å². The van der Waals surface area contributed by atoms with Crippen molar-refractivity contribution in [3.8, 4) is 5.75 Å². The Hall–Kier alpha value is -4.08. The molecule has 0 fully saturated rings. The zero-order valence-corrected chi connectivity index (χ0v) is 17.2. The Morgan fingerprint density at radius 2 is 1.56 bits per heavy atom. The highest BCUT2D eigenvalue weighted by atomic mass is 16.5. The molecule has 2 aromatic rings. The van der Waals surface area contributed by atoms with Crippen molar-refractivity contribution >= 4 is 23.9 Å². The van der Waals surface area contributed by atoms with Crippen LogP contribution in [0.25, 0.3) is 0 Å². The minimum absolute atomic E-state index is 0.0226. The Bertz CT molecular complexity index is 932. The zero-order chi connectivity index (χ0) is 23.5. The molecule has 3 amide bonds. The van der Waals surface area contributed by atoms with Crippen molar-refractivity contribution in [1.29, 1.82) is 0 Å².